The molecule has 3 heteroatoms. The SMILES string of the molecule is CC(C)c1cc(C#N)c2c(oc3c(-c4ccccn4)cccc32)c1C(C)C. The molecule has 0 fully saturated rings. The second-order valence-corrected chi connectivity index (χ2v) is 7.55. The first kappa shape index (κ1) is 17.3. The highest BCUT2D eigenvalue weighted by Crippen LogP contribution is 2.42. The Morgan fingerprint density at radius 2 is 1.78 bits per heavy atom. The number of nitrogens with zero attached hydrogens (tertiary/aromatic N) is 2. The largest absolute Gasteiger partial charge is 0.455 e. The van der Waals surface area contributed by atoms with Crippen LogP contribution in [0.15, 0.2) is 53.1 Å². The van der Waals surface area contributed by atoms with Crippen LogP contribution in [0.4, 0.5) is 0 Å². The molecule has 0 unspecified atom stereocenters. The maximum absolute atomic E-state index is 9.83. The predicted octanol–water partition coefficient (Wildman–Crippen LogP) is 6.77. The van der Waals surface area contributed by atoms with Crippen LogP contribution in [-0.4, -0.2) is 4.98 Å². The summed E-state index contributed by atoms with van der Waals surface area (Å²) in [5.41, 5.74) is 6.52. The Labute approximate surface area is 159 Å². The quantitative estimate of drug-likeness (QED) is 0.408. The van der Waals surface area contributed by atoms with Gasteiger partial charge in [0, 0.05) is 28.1 Å². The molecule has 2 aromatic heterocycles. The Kier molecular flexibility index (Phi) is 4.20. The van der Waals surface area contributed by atoms with Gasteiger partial charge in [0.05, 0.1) is 17.3 Å². The van der Waals surface area contributed by atoms with E-state index >= 15 is 0 Å². The third-order valence-corrected chi connectivity index (χ3v) is 5.10. The fourth-order valence-corrected chi connectivity index (χ4v) is 3.90. The molecule has 2 aromatic carbocycles. The van der Waals surface area contributed by atoms with Crippen LogP contribution in [0, 0.1) is 11.3 Å². The molecule has 4 rings (SSSR count). The number of rotatable bonds is 3. The highest BCUT2D eigenvalue weighted by Gasteiger charge is 2.23. The summed E-state index contributed by atoms with van der Waals surface area (Å²) < 4.78 is 6.47. The van der Waals surface area contributed by atoms with Gasteiger partial charge in [-0.2, -0.15) is 5.26 Å². The van der Waals surface area contributed by atoms with Gasteiger partial charge in [-0.15, -0.1) is 0 Å². The lowest BCUT2D eigenvalue weighted by atomic mass is 9.87. The Balaban J connectivity index is 2.19. The summed E-state index contributed by atoms with van der Waals surface area (Å²) in [4.78, 5) is 4.49. The maximum atomic E-state index is 9.83. The maximum Gasteiger partial charge on any atom is 0.144 e. The van der Waals surface area contributed by atoms with Gasteiger partial charge in [-0.05, 0) is 41.7 Å². The van der Waals surface area contributed by atoms with Crippen molar-refractivity contribution in [3.05, 3.63) is 65.4 Å². The Morgan fingerprint density at radius 1 is 0.963 bits per heavy atom. The molecule has 0 aliphatic rings. The summed E-state index contributed by atoms with van der Waals surface area (Å²) in [6.45, 7) is 8.69. The van der Waals surface area contributed by atoms with Gasteiger partial charge in [-0.25, -0.2) is 0 Å². The van der Waals surface area contributed by atoms with Gasteiger partial charge < -0.3 is 4.42 Å². The lowest BCUT2D eigenvalue weighted by Crippen LogP contribution is -2.00. The van der Waals surface area contributed by atoms with Crippen LogP contribution >= 0.6 is 0 Å². The van der Waals surface area contributed by atoms with Gasteiger partial charge in [-0.1, -0.05) is 45.9 Å². The average Bonchev–Trinajstić information content (AvgIpc) is 3.06. The highest BCUT2D eigenvalue weighted by molar-refractivity contribution is 6.12. The molecule has 134 valence electrons. The van der Waals surface area contributed by atoms with E-state index in [0.29, 0.717) is 17.4 Å². The van der Waals surface area contributed by atoms with Crippen molar-refractivity contribution in [3.8, 4) is 17.3 Å². The van der Waals surface area contributed by atoms with E-state index in [1.54, 1.807) is 6.20 Å². The van der Waals surface area contributed by atoms with Crippen LogP contribution in [0.2, 0.25) is 0 Å². The molecule has 4 aromatic rings. The number of aromatic nitrogens is 1. The van der Waals surface area contributed by atoms with Gasteiger partial charge in [0.25, 0.3) is 0 Å². The van der Waals surface area contributed by atoms with Gasteiger partial charge in [-0.3, -0.25) is 4.98 Å². The smallest absolute Gasteiger partial charge is 0.144 e. The molecule has 0 N–H and O–H groups in total. The van der Waals surface area contributed by atoms with E-state index in [2.05, 4.69) is 38.7 Å². The molecule has 0 bridgehead atoms. The van der Waals surface area contributed by atoms with Crippen LogP contribution < -0.4 is 0 Å². The normalized spacial score (nSPS) is 11.6. The fraction of sp³-hybridized carbons (Fsp3) is 0.250. The minimum absolute atomic E-state index is 0.302. The molecule has 0 aliphatic heterocycles. The summed E-state index contributed by atoms with van der Waals surface area (Å²) in [5, 5.41) is 11.7. The first-order valence-corrected chi connectivity index (χ1v) is 9.36. The topological polar surface area (TPSA) is 49.8 Å². The zero-order valence-electron chi connectivity index (χ0n) is 16.1. The van der Waals surface area contributed by atoms with Gasteiger partial charge >= 0.3 is 0 Å². The summed E-state index contributed by atoms with van der Waals surface area (Å²) in [6, 6.07) is 16.4. The van der Waals surface area contributed by atoms with E-state index in [-0.39, 0.29) is 0 Å². The van der Waals surface area contributed by atoms with E-state index in [1.165, 1.54) is 11.1 Å². The van der Waals surface area contributed by atoms with Crippen molar-refractivity contribution < 1.29 is 4.42 Å². The third-order valence-electron chi connectivity index (χ3n) is 5.10. The number of fused-ring (bicyclic) bond motifs is 3. The van der Waals surface area contributed by atoms with Gasteiger partial charge in [0.1, 0.15) is 11.2 Å². The molecule has 0 saturated heterocycles. The first-order valence-electron chi connectivity index (χ1n) is 9.36. The molecule has 2 heterocycles. The van der Waals surface area contributed by atoms with Crippen LogP contribution in [0.5, 0.6) is 0 Å². The first-order chi connectivity index (χ1) is 13.0. The number of hydrogen-bond acceptors (Lipinski definition) is 3. The summed E-state index contributed by atoms with van der Waals surface area (Å²) in [7, 11) is 0. The molecule has 0 saturated carbocycles. The Morgan fingerprint density at radius 3 is 2.41 bits per heavy atom. The summed E-state index contributed by atoms with van der Waals surface area (Å²) in [5.74, 6) is 0.624. The monoisotopic (exact) mass is 354 g/mol. The summed E-state index contributed by atoms with van der Waals surface area (Å²) >= 11 is 0. The van der Waals surface area contributed by atoms with Crippen molar-refractivity contribution in [3.63, 3.8) is 0 Å². The molecule has 0 atom stereocenters. The zero-order chi connectivity index (χ0) is 19.1. The van der Waals surface area contributed by atoms with Crippen molar-refractivity contribution in [2.75, 3.05) is 0 Å². The summed E-state index contributed by atoms with van der Waals surface area (Å²) in [6.07, 6.45) is 1.79. The minimum atomic E-state index is 0.302. The number of para-hydroxylation sites is 1. The lowest BCUT2D eigenvalue weighted by Gasteiger charge is -2.17. The highest BCUT2D eigenvalue weighted by atomic mass is 16.3. The predicted molar refractivity (Wildman–Crippen MR) is 110 cm³/mol. The zero-order valence-corrected chi connectivity index (χ0v) is 16.1. The van der Waals surface area contributed by atoms with Crippen LogP contribution in [0.1, 0.15) is 56.2 Å². The molecular weight excluding hydrogens is 332 g/mol. The van der Waals surface area contributed by atoms with Crippen molar-refractivity contribution in [1.29, 1.82) is 5.26 Å². The van der Waals surface area contributed by atoms with E-state index in [1.807, 2.05) is 42.5 Å². The van der Waals surface area contributed by atoms with Crippen LogP contribution in [0.25, 0.3) is 33.2 Å². The number of furan rings is 1. The number of pyridine rings is 1. The molecule has 0 aliphatic carbocycles. The van der Waals surface area contributed by atoms with Crippen molar-refractivity contribution in [2.24, 2.45) is 0 Å². The number of benzene rings is 2. The average molecular weight is 354 g/mol. The third kappa shape index (κ3) is 2.69. The van der Waals surface area contributed by atoms with Crippen LogP contribution in [0.3, 0.4) is 0 Å². The van der Waals surface area contributed by atoms with Gasteiger partial charge in [0.2, 0.25) is 0 Å². The van der Waals surface area contributed by atoms with E-state index in [9.17, 15) is 5.26 Å². The molecule has 27 heavy (non-hydrogen) atoms. The van der Waals surface area contributed by atoms with Crippen LogP contribution in [-0.2, 0) is 0 Å². The second kappa shape index (κ2) is 6.55. The van der Waals surface area contributed by atoms with E-state index in [4.69, 9.17) is 4.42 Å². The van der Waals surface area contributed by atoms with Crippen molar-refractivity contribution in [2.45, 2.75) is 39.5 Å². The van der Waals surface area contributed by atoms with Crippen molar-refractivity contribution in [1.82, 2.24) is 4.98 Å². The number of hydrogen-bond donors (Lipinski definition) is 0. The molecular formula is C24H22N2O. The minimum Gasteiger partial charge on any atom is -0.455 e. The van der Waals surface area contributed by atoms with Crippen molar-refractivity contribution >= 4 is 21.9 Å². The molecule has 3 nitrogen and oxygen atoms in total. The Bertz CT molecular complexity index is 1180. The Hall–Kier alpha value is -3.12. The number of nitriles is 1. The van der Waals surface area contributed by atoms with Gasteiger partial charge in [0.15, 0.2) is 0 Å². The standard InChI is InChI=1S/C24H22N2O/c1-14(2)19-12-16(13-25)22-18-9-7-8-17(20-10-5-6-11-26-20)23(18)27-24(22)21(19)15(3)4/h5-12,14-15H,1-4H3. The molecule has 0 spiro atoms. The fourth-order valence-electron chi connectivity index (χ4n) is 3.90. The van der Waals surface area contributed by atoms with E-state index in [0.717, 1.165) is 33.2 Å². The second-order valence-electron chi connectivity index (χ2n) is 7.55. The lowest BCUT2D eigenvalue weighted by molar-refractivity contribution is 0.652. The molecule has 0 radical (unpaired) electrons. The molecule has 0 amide bonds. The van der Waals surface area contributed by atoms with E-state index < -0.39 is 0 Å².